The Balaban J connectivity index is 1.97. The Morgan fingerprint density at radius 2 is 2.00 bits per heavy atom. The van der Waals surface area contributed by atoms with Gasteiger partial charge in [0.25, 0.3) is 0 Å². The molecule has 1 nitrogen and oxygen atoms in total. The van der Waals surface area contributed by atoms with E-state index in [0.717, 1.165) is 0 Å². The van der Waals surface area contributed by atoms with E-state index in [1.807, 2.05) is 0 Å². The first-order valence-corrected chi connectivity index (χ1v) is 4.04. The fourth-order valence-electron chi connectivity index (χ4n) is 0. The van der Waals surface area contributed by atoms with Crippen LogP contribution < -0.4 is 5.14 Å². The van der Waals surface area contributed by atoms with Crippen molar-refractivity contribution in [3.8, 4) is 0 Å². The van der Waals surface area contributed by atoms with Gasteiger partial charge < -0.3 is 0 Å². The van der Waals surface area contributed by atoms with Crippen LogP contribution in [-0.4, -0.2) is 9.39 Å². The highest BCUT2D eigenvalue weighted by atomic mass is 33.2. The molecule has 0 aromatic rings. The molecule has 0 aromatic carbocycles. The Bertz CT molecular complexity index is 8.00. The predicted molar refractivity (Wildman–Crippen MR) is 25.1 cm³/mol. The Morgan fingerprint density at radius 1 is 1.75 bits per heavy atom. The van der Waals surface area contributed by atoms with Crippen LogP contribution in [0.1, 0.15) is 0 Å². The van der Waals surface area contributed by atoms with Crippen molar-refractivity contribution in [1.29, 1.82) is 0 Å². The van der Waals surface area contributed by atoms with Crippen molar-refractivity contribution >= 4 is 30.6 Å². The zero-order valence-corrected chi connectivity index (χ0v) is 4.53. The van der Waals surface area contributed by atoms with Crippen LogP contribution in [0, 0.1) is 0 Å². The molecule has 4 heteroatoms. The van der Waals surface area contributed by atoms with E-state index in [0.29, 0.717) is 0 Å². The molecule has 0 saturated heterocycles. The first-order chi connectivity index (χ1) is 1.91. The largest absolute Gasteiger partial charge is 0.269 e. The Labute approximate surface area is 36.3 Å². The molecule has 0 aliphatic carbocycles. The second-order valence-electron chi connectivity index (χ2n) is 0.180. The highest BCUT2D eigenvalue weighted by Gasteiger charge is 1.56. The van der Waals surface area contributed by atoms with Crippen molar-refractivity contribution in [1.82, 2.24) is 0 Å². The van der Waals surface area contributed by atoms with Crippen molar-refractivity contribution in [2.75, 3.05) is 0 Å². The number of hydrogen-bond donors (Lipinski definition) is 1. The van der Waals surface area contributed by atoms with Gasteiger partial charge in [-0.1, -0.05) is 0 Å². The maximum absolute atomic E-state index is 4.86. The molecule has 4 heavy (non-hydrogen) atoms. The van der Waals surface area contributed by atoms with E-state index in [-0.39, 0.29) is 0 Å². The molecular formula is H2NS2Si. The summed E-state index contributed by atoms with van der Waals surface area (Å²) in [6.45, 7) is 0. The smallest absolute Gasteiger partial charge is 0.138 e. The lowest BCUT2D eigenvalue weighted by molar-refractivity contribution is 2.07. The third-order valence-corrected chi connectivity index (χ3v) is 1.30. The normalized spacial score (nSPS) is 7.50. The first-order valence-electron chi connectivity index (χ1n) is 0.606. The minimum atomic E-state index is 1.19. The summed E-state index contributed by atoms with van der Waals surface area (Å²) in [6, 6.07) is 0. The Kier molecular flexibility index (Phi) is 4.73. The van der Waals surface area contributed by atoms with Crippen molar-refractivity contribution in [2.45, 2.75) is 0 Å². The fraction of sp³-hybridized carbons (Fsp3) is 0. The molecule has 0 amide bonds. The summed E-state index contributed by atoms with van der Waals surface area (Å²) in [5, 5.41) is 4.86. The molecule has 2 N–H and O–H groups in total. The summed E-state index contributed by atoms with van der Waals surface area (Å²) >= 11 is 0. The van der Waals surface area contributed by atoms with Gasteiger partial charge in [-0.25, -0.2) is 0 Å². The van der Waals surface area contributed by atoms with Crippen LogP contribution >= 0.6 is 21.2 Å². The maximum atomic E-state index is 4.86. The molecule has 0 atom stereocenters. The average molecular weight is 108 g/mol. The summed E-state index contributed by atoms with van der Waals surface area (Å²) in [6.07, 6.45) is 0. The van der Waals surface area contributed by atoms with Gasteiger partial charge in [-0.2, -0.15) is 0 Å². The minimum Gasteiger partial charge on any atom is -0.269 e. The molecule has 0 unspecified atom stereocenters. The van der Waals surface area contributed by atoms with E-state index in [2.05, 4.69) is 9.39 Å². The van der Waals surface area contributed by atoms with Crippen LogP contribution in [-0.2, 0) is 0 Å². The SMILES string of the molecule is NSS[Si]. The third kappa shape index (κ3) is 2.88. The van der Waals surface area contributed by atoms with Gasteiger partial charge in [0.1, 0.15) is 9.39 Å². The lowest BCUT2D eigenvalue weighted by atomic mass is 14.0. The molecule has 0 aliphatic rings. The topological polar surface area (TPSA) is 26.0 Å². The third-order valence-electron chi connectivity index (χ3n) is 0.0481. The van der Waals surface area contributed by atoms with Crippen molar-refractivity contribution in [2.24, 2.45) is 5.14 Å². The number of rotatable bonds is 1. The van der Waals surface area contributed by atoms with Gasteiger partial charge in [0, 0.05) is 0 Å². The van der Waals surface area contributed by atoms with Crippen molar-refractivity contribution in [3.63, 3.8) is 0 Å². The van der Waals surface area contributed by atoms with E-state index >= 15 is 0 Å². The van der Waals surface area contributed by atoms with Gasteiger partial charge in [-0.15, -0.1) is 10.2 Å². The molecule has 0 heterocycles. The minimum absolute atomic E-state index is 1.19. The van der Waals surface area contributed by atoms with E-state index in [9.17, 15) is 0 Å². The van der Waals surface area contributed by atoms with E-state index in [1.165, 1.54) is 21.2 Å². The van der Waals surface area contributed by atoms with Crippen LogP contribution in [0.15, 0.2) is 0 Å². The van der Waals surface area contributed by atoms with Gasteiger partial charge in [0.05, 0.1) is 0 Å². The molecule has 0 spiro atoms. The molecule has 0 aliphatic heterocycles. The molecule has 3 radical (unpaired) electrons. The summed E-state index contributed by atoms with van der Waals surface area (Å²) < 4.78 is 0. The fourth-order valence-corrected chi connectivity index (χ4v) is 0. The van der Waals surface area contributed by atoms with Crippen molar-refractivity contribution in [3.05, 3.63) is 0 Å². The van der Waals surface area contributed by atoms with Gasteiger partial charge in [-0.3, -0.25) is 5.14 Å². The van der Waals surface area contributed by atoms with Crippen LogP contribution in [0.5, 0.6) is 0 Å². The maximum Gasteiger partial charge on any atom is 0.138 e. The molecule has 0 rings (SSSR count). The Hall–Kier alpha value is 0.877. The quantitative estimate of drug-likeness (QED) is 0.298. The van der Waals surface area contributed by atoms with Gasteiger partial charge in [0.2, 0.25) is 0 Å². The van der Waals surface area contributed by atoms with Gasteiger partial charge in [0.15, 0.2) is 0 Å². The number of nitrogens with two attached hydrogens (primary N) is 1. The van der Waals surface area contributed by atoms with E-state index in [4.69, 9.17) is 5.14 Å². The summed E-state index contributed by atoms with van der Waals surface area (Å²) in [5.74, 6) is 0. The van der Waals surface area contributed by atoms with Crippen LogP contribution in [0.25, 0.3) is 0 Å². The zero-order valence-electron chi connectivity index (χ0n) is 1.89. The highest BCUT2D eigenvalue weighted by molar-refractivity contribution is 8.83. The molecule has 0 bridgehead atoms. The standard InChI is InChI=1S/H2NS2Si/c1-2-3-4/h1H2. The summed E-state index contributed by atoms with van der Waals surface area (Å²) in [5.41, 5.74) is 0. The molecule has 23 valence electrons. The predicted octanol–water partition coefficient (Wildman–Crippen LogP) is 0.325. The van der Waals surface area contributed by atoms with Crippen LogP contribution in [0.2, 0.25) is 0 Å². The second-order valence-corrected chi connectivity index (χ2v) is 3.12. The highest BCUT2D eigenvalue weighted by Crippen LogP contribution is 2.02. The molecular weight excluding hydrogens is 106 g/mol. The summed E-state index contributed by atoms with van der Waals surface area (Å²) in [7, 11) is 5.59. The lowest BCUT2D eigenvalue weighted by Crippen LogP contribution is -1.64. The lowest BCUT2D eigenvalue weighted by Gasteiger charge is -1.69. The summed E-state index contributed by atoms with van der Waals surface area (Å²) in [4.78, 5) is 0. The van der Waals surface area contributed by atoms with Gasteiger partial charge in [-0.05, 0) is 11.0 Å². The number of hydrogen-bond acceptors (Lipinski definition) is 3. The monoisotopic (exact) mass is 108 g/mol. The van der Waals surface area contributed by atoms with Crippen LogP contribution in [0.4, 0.5) is 0 Å². The Morgan fingerprint density at radius 3 is 2.00 bits per heavy atom. The van der Waals surface area contributed by atoms with E-state index < -0.39 is 0 Å². The molecule has 0 aromatic heterocycles. The van der Waals surface area contributed by atoms with Crippen LogP contribution in [0.3, 0.4) is 0 Å². The first kappa shape index (κ1) is 4.88. The van der Waals surface area contributed by atoms with Gasteiger partial charge >= 0.3 is 0 Å². The zero-order chi connectivity index (χ0) is 3.41. The molecule has 0 fully saturated rings. The second kappa shape index (κ2) is 3.88. The average Bonchev–Trinajstić information content (AvgIpc) is 1.37. The molecule has 0 saturated carbocycles. The van der Waals surface area contributed by atoms with E-state index in [1.54, 1.807) is 0 Å². The van der Waals surface area contributed by atoms with Crippen molar-refractivity contribution < 1.29 is 0 Å².